The summed E-state index contributed by atoms with van der Waals surface area (Å²) in [4.78, 5) is 14.3. The van der Waals surface area contributed by atoms with E-state index >= 15 is 0 Å². The van der Waals surface area contributed by atoms with Gasteiger partial charge < -0.3 is 4.74 Å². The maximum absolute atomic E-state index is 13.1. The zero-order chi connectivity index (χ0) is 13.7. The minimum absolute atomic E-state index is 0.0762. The first kappa shape index (κ1) is 14.0. The van der Waals surface area contributed by atoms with Gasteiger partial charge >= 0.3 is 5.97 Å². The zero-order valence-electron chi connectivity index (χ0n) is 9.41. The molecule has 0 bridgehead atoms. The van der Waals surface area contributed by atoms with Crippen LogP contribution in [0.5, 0.6) is 0 Å². The van der Waals surface area contributed by atoms with Crippen molar-refractivity contribution < 1.29 is 22.7 Å². The third-order valence-corrected chi connectivity index (χ3v) is 2.12. The molecular weight excluding hydrogens is 249 g/mol. The van der Waals surface area contributed by atoms with Gasteiger partial charge in [-0.15, -0.1) is 0 Å². The Morgan fingerprint density at radius 2 is 2.28 bits per heavy atom. The highest BCUT2D eigenvalue weighted by molar-refractivity contribution is 5.73. The molecular formula is C11H9F3N2O2. The first-order valence-electron chi connectivity index (χ1n) is 5.02. The SMILES string of the molecule is CCOC(=O)Cc1cnc(F)c(C(F)F)c1C#N. The van der Waals surface area contributed by atoms with E-state index in [1.54, 1.807) is 6.92 Å². The topological polar surface area (TPSA) is 63.0 Å². The Morgan fingerprint density at radius 3 is 2.78 bits per heavy atom. The van der Waals surface area contributed by atoms with Gasteiger partial charge in [0.2, 0.25) is 5.95 Å². The predicted octanol–water partition coefficient (Wildman–Crippen LogP) is 2.14. The summed E-state index contributed by atoms with van der Waals surface area (Å²) in [7, 11) is 0. The number of hydrogen-bond donors (Lipinski definition) is 0. The van der Waals surface area contributed by atoms with E-state index in [-0.39, 0.29) is 12.2 Å². The number of carbonyl (C=O) groups excluding carboxylic acids is 1. The van der Waals surface area contributed by atoms with Gasteiger partial charge in [-0.2, -0.15) is 9.65 Å². The summed E-state index contributed by atoms with van der Waals surface area (Å²) in [6, 6.07) is 1.47. The second-order valence-electron chi connectivity index (χ2n) is 3.26. The van der Waals surface area contributed by atoms with Crippen LogP contribution in [0.15, 0.2) is 6.20 Å². The standard InChI is InChI=1S/C11H9F3N2O2/c1-2-18-8(17)3-6-5-16-11(14)9(10(12)13)7(6)4-15/h5,10H,2-3H2,1H3. The van der Waals surface area contributed by atoms with Crippen molar-refractivity contribution in [2.75, 3.05) is 6.61 Å². The average molecular weight is 258 g/mol. The number of alkyl halides is 2. The summed E-state index contributed by atoms with van der Waals surface area (Å²) in [5.41, 5.74) is -1.72. The number of rotatable bonds is 4. The Hall–Kier alpha value is -2.10. The van der Waals surface area contributed by atoms with Gasteiger partial charge in [-0.05, 0) is 12.5 Å². The fourth-order valence-corrected chi connectivity index (χ4v) is 1.38. The number of nitriles is 1. The molecule has 0 saturated carbocycles. The molecule has 7 heteroatoms. The minimum Gasteiger partial charge on any atom is -0.466 e. The maximum atomic E-state index is 13.1. The first-order chi connectivity index (χ1) is 8.51. The molecule has 0 saturated heterocycles. The van der Waals surface area contributed by atoms with Crippen molar-refractivity contribution in [3.63, 3.8) is 0 Å². The van der Waals surface area contributed by atoms with Crippen molar-refractivity contribution in [3.8, 4) is 6.07 Å². The molecule has 0 aliphatic carbocycles. The van der Waals surface area contributed by atoms with Crippen LogP contribution in [0, 0.1) is 17.3 Å². The summed E-state index contributed by atoms with van der Waals surface area (Å²) in [5, 5.41) is 8.79. The summed E-state index contributed by atoms with van der Waals surface area (Å²) in [6.07, 6.45) is -2.69. The van der Waals surface area contributed by atoms with E-state index in [2.05, 4.69) is 9.72 Å². The third kappa shape index (κ3) is 2.97. The highest BCUT2D eigenvalue weighted by Gasteiger charge is 2.23. The van der Waals surface area contributed by atoms with Crippen molar-refractivity contribution >= 4 is 5.97 Å². The summed E-state index contributed by atoms with van der Waals surface area (Å²) in [6.45, 7) is 1.70. The first-order valence-corrected chi connectivity index (χ1v) is 5.02. The molecule has 0 spiro atoms. The Labute approximate surface area is 101 Å². The molecule has 0 N–H and O–H groups in total. The maximum Gasteiger partial charge on any atom is 0.310 e. The van der Waals surface area contributed by atoms with Crippen LogP contribution in [-0.2, 0) is 16.0 Å². The van der Waals surface area contributed by atoms with Gasteiger partial charge in [0, 0.05) is 6.20 Å². The van der Waals surface area contributed by atoms with Crippen LogP contribution in [0.2, 0.25) is 0 Å². The van der Waals surface area contributed by atoms with Gasteiger partial charge in [0.1, 0.15) is 6.07 Å². The number of aromatic nitrogens is 1. The Kier molecular flexibility index (Phi) is 4.66. The monoisotopic (exact) mass is 258 g/mol. The number of hydrogen-bond acceptors (Lipinski definition) is 4. The van der Waals surface area contributed by atoms with Crippen LogP contribution >= 0.6 is 0 Å². The lowest BCUT2D eigenvalue weighted by atomic mass is 10.0. The number of halogens is 3. The average Bonchev–Trinajstić information content (AvgIpc) is 2.30. The second-order valence-corrected chi connectivity index (χ2v) is 3.26. The van der Waals surface area contributed by atoms with Crippen molar-refractivity contribution in [2.24, 2.45) is 0 Å². The Balaban J connectivity index is 3.18. The normalized spacial score (nSPS) is 10.2. The van der Waals surface area contributed by atoms with Crippen LogP contribution in [0.25, 0.3) is 0 Å². The minimum atomic E-state index is -3.17. The number of ether oxygens (including phenoxy) is 1. The molecule has 1 rings (SSSR count). The van der Waals surface area contributed by atoms with Gasteiger partial charge in [0.05, 0.1) is 24.2 Å². The van der Waals surface area contributed by atoms with Crippen LogP contribution in [0.4, 0.5) is 13.2 Å². The molecule has 1 heterocycles. The Bertz CT molecular complexity index is 498. The van der Waals surface area contributed by atoms with Gasteiger partial charge in [-0.3, -0.25) is 4.79 Å². The number of carbonyl (C=O) groups is 1. The molecule has 0 radical (unpaired) electrons. The molecule has 0 aliphatic heterocycles. The van der Waals surface area contributed by atoms with Gasteiger partial charge in [-0.1, -0.05) is 0 Å². The highest BCUT2D eigenvalue weighted by atomic mass is 19.3. The number of nitrogens with zero attached hydrogens (tertiary/aromatic N) is 2. The molecule has 0 aromatic carbocycles. The predicted molar refractivity (Wildman–Crippen MR) is 54.2 cm³/mol. The van der Waals surface area contributed by atoms with E-state index in [4.69, 9.17) is 5.26 Å². The van der Waals surface area contributed by atoms with E-state index in [1.807, 2.05) is 0 Å². The number of esters is 1. The lowest BCUT2D eigenvalue weighted by Gasteiger charge is -2.08. The van der Waals surface area contributed by atoms with E-state index in [0.29, 0.717) is 0 Å². The van der Waals surface area contributed by atoms with Crippen molar-refractivity contribution in [2.45, 2.75) is 19.8 Å². The fraction of sp³-hybridized carbons (Fsp3) is 0.364. The zero-order valence-corrected chi connectivity index (χ0v) is 9.41. The molecule has 1 aromatic heterocycles. The molecule has 0 unspecified atom stereocenters. The van der Waals surface area contributed by atoms with Crippen LogP contribution < -0.4 is 0 Å². The second kappa shape index (κ2) is 6.00. The number of pyridine rings is 1. The smallest absolute Gasteiger partial charge is 0.310 e. The van der Waals surface area contributed by atoms with E-state index in [9.17, 15) is 18.0 Å². The van der Waals surface area contributed by atoms with E-state index in [1.165, 1.54) is 6.07 Å². The molecule has 18 heavy (non-hydrogen) atoms. The van der Waals surface area contributed by atoms with Crippen LogP contribution in [0.3, 0.4) is 0 Å². The van der Waals surface area contributed by atoms with Gasteiger partial charge in [0.15, 0.2) is 0 Å². The van der Waals surface area contributed by atoms with Crippen molar-refractivity contribution in [3.05, 3.63) is 28.8 Å². The highest BCUT2D eigenvalue weighted by Crippen LogP contribution is 2.26. The Morgan fingerprint density at radius 1 is 1.61 bits per heavy atom. The molecule has 0 atom stereocenters. The molecule has 96 valence electrons. The third-order valence-electron chi connectivity index (χ3n) is 2.12. The summed E-state index contributed by atoms with van der Waals surface area (Å²) >= 11 is 0. The van der Waals surface area contributed by atoms with Crippen LogP contribution in [-0.4, -0.2) is 17.6 Å². The molecule has 0 fully saturated rings. The van der Waals surface area contributed by atoms with Crippen molar-refractivity contribution in [1.82, 2.24) is 4.98 Å². The van der Waals surface area contributed by atoms with Crippen LogP contribution in [0.1, 0.15) is 30.0 Å². The fourth-order valence-electron chi connectivity index (χ4n) is 1.38. The lowest BCUT2D eigenvalue weighted by Crippen LogP contribution is -2.11. The molecule has 4 nitrogen and oxygen atoms in total. The quantitative estimate of drug-likeness (QED) is 0.613. The van der Waals surface area contributed by atoms with E-state index < -0.39 is 35.9 Å². The molecule has 1 aromatic rings. The van der Waals surface area contributed by atoms with E-state index in [0.717, 1.165) is 6.20 Å². The van der Waals surface area contributed by atoms with Gasteiger partial charge in [-0.25, -0.2) is 13.8 Å². The molecule has 0 aliphatic rings. The summed E-state index contributed by atoms with van der Waals surface area (Å²) in [5.74, 6) is -2.10. The summed E-state index contributed by atoms with van der Waals surface area (Å²) < 4.78 is 42.9. The lowest BCUT2D eigenvalue weighted by molar-refractivity contribution is -0.142. The van der Waals surface area contributed by atoms with Gasteiger partial charge in [0.25, 0.3) is 6.43 Å². The van der Waals surface area contributed by atoms with Crippen molar-refractivity contribution in [1.29, 1.82) is 5.26 Å². The molecule has 0 amide bonds. The largest absolute Gasteiger partial charge is 0.466 e.